The van der Waals surface area contributed by atoms with Crippen molar-refractivity contribution in [3.8, 4) is 6.07 Å². The highest BCUT2D eigenvalue weighted by molar-refractivity contribution is 6.25. The van der Waals surface area contributed by atoms with E-state index in [1.165, 1.54) is 4.90 Å². The third-order valence-electron chi connectivity index (χ3n) is 4.61. The van der Waals surface area contributed by atoms with Gasteiger partial charge in [0, 0.05) is 10.8 Å². The molecule has 7 nitrogen and oxygen atoms in total. The van der Waals surface area contributed by atoms with Crippen LogP contribution >= 0.6 is 0 Å². The lowest BCUT2D eigenvalue weighted by atomic mass is 10.0. The second-order valence-corrected chi connectivity index (χ2v) is 5.90. The predicted molar refractivity (Wildman–Crippen MR) is 84.1 cm³/mol. The summed E-state index contributed by atoms with van der Waals surface area (Å²) in [7, 11) is 0. The molecule has 120 valence electrons. The minimum atomic E-state index is -1.30. The Morgan fingerprint density at radius 3 is 2.46 bits per heavy atom. The molecule has 2 unspecified atom stereocenters. The zero-order valence-electron chi connectivity index (χ0n) is 12.5. The van der Waals surface area contributed by atoms with Crippen LogP contribution in [0.25, 0.3) is 10.8 Å². The van der Waals surface area contributed by atoms with Crippen LogP contribution in [0.3, 0.4) is 0 Å². The number of nitriles is 1. The number of aliphatic hydroxyl groups excluding tert-OH is 2. The largest absolute Gasteiger partial charge is 0.388 e. The highest BCUT2D eigenvalue weighted by Gasteiger charge is 2.56. The number of hydrogen-bond donors (Lipinski definition) is 2. The zero-order valence-corrected chi connectivity index (χ0v) is 12.5. The number of imide groups is 1. The van der Waals surface area contributed by atoms with Gasteiger partial charge in [-0.3, -0.25) is 4.79 Å². The van der Waals surface area contributed by atoms with Crippen molar-refractivity contribution in [3.05, 3.63) is 42.0 Å². The van der Waals surface area contributed by atoms with E-state index in [-0.39, 0.29) is 6.54 Å². The topological polar surface area (TPSA) is 105 Å². The normalized spacial score (nSPS) is 26.1. The van der Waals surface area contributed by atoms with Crippen LogP contribution in [0.15, 0.2) is 36.4 Å². The molecule has 2 saturated heterocycles. The number of urea groups is 1. The van der Waals surface area contributed by atoms with E-state index in [4.69, 9.17) is 0 Å². The molecule has 0 radical (unpaired) electrons. The van der Waals surface area contributed by atoms with Gasteiger partial charge in [0.1, 0.15) is 18.2 Å². The number of aliphatic hydroxyl groups is 2. The molecule has 4 rings (SSSR count). The maximum atomic E-state index is 12.7. The number of nitrogens with zero attached hydrogens (tertiary/aromatic N) is 3. The minimum absolute atomic E-state index is 0.0822. The van der Waals surface area contributed by atoms with Crippen LogP contribution in [0.5, 0.6) is 0 Å². The standard InChI is InChI=1S/C17H13N3O4/c18-7-9-5-6-12(11-4-2-1-3-10(9)11)20-16(23)14-15(22)13(21)8-19(14)17(20)24/h1-6,13-15,21-22H,8H2/t13?,14-,15?/m0/s1. The van der Waals surface area contributed by atoms with Crippen LogP contribution in [-0.4, -0.2) is 51.8 Å². The van der Waals surface area contributed by atoms with Gasteiger partial charge in [-0.2, -0.15) is 5.26 Å². The molecule has 24 heavy (non-hydrogen) atoms. The van der Waals surface area contributed by atoms with Crippen molar-refractivity contribution < 1.29 is 19.8 Å². The SMILES string of the molecule is N#Cc1ccc(N2C(=O)[C@@H]3C(O)C(O)CN3C2=O)c2ccccc12. The molecule has 2 aliphatic rings. The third-order valence-corrected chi connectivity index (χ3v) is 4.61. The molecule has 3 atom stereocenters. The number of carbonyl (C=O) groups is 2. The van der Waals surface area contributed by atoms with Crippen molar-refractivity contribution in [2.24, 2.45) is 0 Å². The Morgan fingerprint density at radius 1 is 1.08 bits per heavy atom. The number of carbonyl (C=O) groups excluding carboxylic acids is 2. The van der Waals surface area contributed by atoms with Crippen LogP contribution in [-0.2, 0) is 4.79 Å². The molecular weight excluding hydrogens is 310 g/mol. The molecule has 2 aromatic carbocycles. The molecule has 2 N–H and O–H groups in total. The summed E-state index contributed by atoms with van der Waals surface area (Å²) in [6.45, 7) is -0.0822. The Kier molecular flexibility index (Phi) is 3.06. The summed E-state index contributed by atoms with van der Waals surface area (Å²) in [6, 6.07) is 10.6. The van der Waals surface area contributed by atoms with Crippen molar-refractivity contribution in [3.63, 3.8) is 0 Å². The second-order valence-electron chi connectivity index (χ2n) is 5.90. The van der Waals surface area contributed by atoms with Gasteiger partial charge in [0.2, 0.25) is 0 Å². The lowest BCUT2D eigenvalue weighted by Gasteiger charge is -2.19. The van der Waals surface area contributed by atoms with Gasteiger partial charge in [0.15, 0.2) is 0 Å². The molecule has 2 aliphatic heterocycles. The fourth-order valence-corrected chi connectivity index (χ4v) is 3.45. The number of benzene rings is 2. The van der Waals surface area contributed by atoms with Crippen LogP contribution in [0.2, 0.25) is 0 Å². The number of fused-ring (bicyclic) bond motifs is 2. The van der Waals surface area contributed by atoms with Gasteiger partial charge in [-0.05, 0) is 12.1 Å². The Hall–Kier alpha value is -2.95. The average Bonchev–Trinajstić information content (AvgIpc) is 3.02. The van der Waals surface area contributed by atoms with Crippen LogP contribution in [0.1, 0.15) is 5.56 Å². The van der Waals surface area contributed by atoms with Gasteiger partial charge < -0.3 is 15.1 Å². The smallest absolute Gasteiger partial charge is 0.332 e. The molecular formula is C17H13N3O4. The molecule has 0 spiro atoms. The van der Waals surface area contributed by atoms with E-state index < -0.39 is 30.2 Å². The highest BCUT2D eigenvalue weighted by Crippen LogP contribution is 2.36. The maximum absolute atomic E-state index is 12.7. The fourth-order valence-electron chi connectivity index (χ4n) is 3.45. The monoisotopic (exact) mass is 323 g/mol. The van der Waals surface area contributed by atoms with Crippen molar-refractivity contribution >= 4 is 28.4 Å². The van der Waals surface area contributed by atoms with E-state index in [2.05, 4.69) is 6.07 Å². The lowest BCUT2D eigenvalue weighted by molar-refractivity contribution is -0.122. The number of hydrogen-bond acceptors (Lipinski definition) is 5. The summed E-state index contributed by atoms with van der Waals surface area (Å²) < 4.78 is 0. The Balaban J connectivity index is 1.87. The van der Waals surface area contributed by atoms with Crippen molar-refractivity contribution in [1.82, 2.24) is 4.90 Å². The van der Waals surface area contributed by atoms with Gasteiger partial charge >= 0.3 is 6.03 Å². The van der Waals surface area contributed by atoms with E-state index in [1.807, 2.05) is 0 Å². The van der Waals surface area contributed by atoms with Gasteiger partial charge in [-0.1, -0.05) is 24.3 Å². The van der Waals surface area contributed by atoms with Gasteiger partial charge in [-0.15, -0.1) is 0 Å². The van der Waals surface area contributed by atoms with Crippen molar-refractivity contribution in [1.29, 1.82) is 5.26 Å². The third kappa shape index (κ3) is 1.78. The summed E-state index contributed by atoms with van der Waals surface area (Å²) in [6.07, 6.45) is -2.42. The zero-order chi connectivity index (χ0) is 17.0. The molecule has 3 amide bonds. The molecule has 2 aromatic rings. The number of anilines is 1. The molecule has 0 aromatic heterocycles. The summed E-state index contributed by atoms with van der Waals surface area (Å²) in [5.41, 5.74) is 0.820. The van der Waals surface area contributed by atoms with Crippen molar-refractivity contribution in [2.75, 3.05) is 11.4 Å². The first kappa shape index (κ1) is 14.6. The van der Waals surface area contributed by atoms with Gasteiger partial charge in [-0.25, -0.2) is 9.69 Å². The first-order valence-electron chi connectivity index (χ1n) is 7.47. The Labute approximate surface area is 136 Å². The molecule has 2 heterocycles. The highest BCUT2D eigenvalue weighted by atomic mass is 16.3. The predicted octanol–water partition coefficient (Wildman–Crippen LogP) is 0.584. The van der Waals surface area contributed by atoms with Crippen LogP contribution in [0, 0.1) is 11.3 Å². The fraction of sp³-hybridized carbons (Fsp3) is 0.235. The first-order valence-corrected chi connectivity index (χ1v) is 7.47. The Morgan fingerprint density at radius 2 is 1.79 bits per heavy atom. The lowest BCUT2D eigenvalue weighted by Crippen LogP contribution is -2.40. The minimum Gasteiger partial charge on any atom is -0.388 e. The molecule has 7 heteroatoms. The summed E-state index contributed by atoms with van der Waals surface area (Å²) >= 11 is 0. The molecule has 2 fully saturated rings. The van der Waals surface area contributed by atoms with E-state index in [0.717, 1.165) is 4.90 Å². The van der Waals surface area contributed by atoms with Gasteiger partial charge in [0.05, 0.1) is 23.9 Å². The second kappa shape index (κ2) is 5.03. The van der Waals surface area contributed by atoms with E-state index in [1.54, 1.807) is 36.4 Å². The summed E-state index contributed by atoms with van der Waals surface area (Å²) in [4.78, 5) is 27.5. The van der Waals surface area contributed by atoms with Crippen LogP contribution < -0.4 is 4.90 Å². The quantitative estimate of drug-likeness (QED) is 0.747. The summed E-state index contributed by atoms with van der Waals surface area (Å²) in [5.74, 6) is -0.570. The van der Waals surface area contributed by atoms with E-state index >= 15 is 0 Å². The first-order chi connectivity index (χ1) is 11.5. The molecule has 0 bridgehead atoms. The number of amides is 3. The Bertz CT molecular complexity index is 920. The number of rotatable bonds is 1. The van der Waals surface area contributed by atoms with Crippen LogP contribution in [0.4, 0.5) is 10.5 Å². The summed E-state index contributed by atoms with van der Waals surface area (Å²) in [5, 5.41) is 30.1. The van der Waals surface area contributed by atoms with Gasteiger partial charge in [0.25, 0.3) is 5.91 Å². The van der Waals surface area contributed by atoms with E-state index in [0.29, 0.717) is 22.0 Å². The van der Waals surface area contributed by atoms with Crippen molar-refractivity contribution in [2.45, 2.75) is 18.2 Å². The average molecular weight is 323 g/mol. The maximum Gasteiger partial charge on any atom is 0.332 e. The molecule has 0 aliphatic carbocycles. The molecule has 0 saturated carbocycles. The van der Waals surface area contributed by atoms with E-state index in [9.17, 15) is 25.1 Å².